The molecule has 0 aliphatic heterocycles. The number of aromatic amines is 1. The normalized spacial score (nSPS) is 11.8. The Labute approximate surface area is 109 Å². The van der Waals surface area contributed by atoms with Crippen LogP contribution in [0.15, 0.2) is 29.2 Å². The molecule has 0 aliphatic carbocycles. The van der Waals surface area contributed by atoms with Crippen molar-refractivity contribution in [2.24, 2.45) is 0 Å². The lowest BCUT2D eigenvalue weighted by Gasteiger charge is -2.03. The first kappa shape index (κ1) is 13.0. The van der Waals surface area contributed by atoms with E-state index in [9.17, 15) is 18.0 Å². The van der Waals surface area contributed by atoms with Gasteiger partial charge in [-0.15, -0.1) is 0 Å². The molecule has 0 bridgehead atoms. The molecule has 0 spiro atoms. The number of nitrogens with one attached hydrogen (secondary N) is 1. The van der Waals surface area contributed by atoms with Gasteiger partial charge in [-0.2, -0.15) is 13.2 Å². The van der Waals surface area contributed by atoms with Gasteiger partial charge in [0.1, 0.15) is 5.56 Å². The zero-order valence-corrected chi connectivity index (χ0v) is 10.1. The second-order valence-electron chi connectivity index (χ2n) is 3.45. The number of H-pyrrole nitrogens is 1. The van der Waals surface area contributed by atoms with Crippen molar-refractivity contribution in [1.82, 2.24) is 9.78 Å². The molecule has 1 aromatic carbocycles. The Morgan fingerprint density at radius 1 is 1.11 bits per heavy atom. The second-order valence-corrected chi connectivity index (χ2v) is 4.33. The molecule has 2 rings (SSSR count). The van der Waals surface area contributed by atoms with Crippen molar-refractivity contribution in [2.45, 2.75) is 6.18 Å². The summed E-state index contributed by atoms with van der Waals surface area (Å²) in [4.78, 5) is 11.6. The van der Waals surface area contributed by atoms with Crippen LogP contribution in [0, 0.1) is 0 Å². The lowest BCUT2D eigenvalue weighted by Crippen LogP contribution is -2.22. The predicted octanol–water partition coefficient (Wildman–Crippen LogP) is 3.49. The van der Waals surface area contributed by atoms with Crippen molar-refractivity contribution < 1.29 is 13.2 Å². The highest BCUT2D eigenvalue weighted by Gasteiger charge is 2.35. The van der Waals surface area contributed by atoms with E-state index in [2.05, 4.69) is 5.10 Å². The number of hydrogen-bond acceptors (Lipinski definition) is 1. The number of rotatable bonds is 1. The molecule has 1 heterocycles. The van der Waals surface area contributed by atoms with Gasteiger partial charge >= 0.3 is 6.18 Å². The first-order chi connectivity index (χ1) is 8.29. The van der Waals surface area contributed by atoms with Gasteiger partial charge in [-0.25, -0.2) is 4.68 Å². The smallest absolute Gasteiger partial charge is 0.298 e. The van der Waals surface area contributed by atoms with Gasteiger partial charge in [0.2, 0.25) is 0 Å². The van der Waals surface area contributed by atoms with Crippen LogP contribution in [0.1, 0.15) is 5.56 Å². The monoisotopic (exact) mass is 296 g/mol. The molecular weight excluding hydrogens is 292 g/mol. The topological polar surface area (TPSA) is 37.8 Å². The van der Waals surface area contributed by atoms with Crippen LogP contribution in [0.25, 0.3) is 5.69 Å². The summed E-state index contributed by atoms with van der Waals surface area (Å²) < 4.78 is 38.1. The van der Waals surface area contributed by atoms with Crippen LogP contribution >= 0.6 is 23.2 Å². The van der Waals surface area contributed by atoms with Gasteiger partial charge in [-0.1, -0.05) is 23.2 Å². The molecule has 0 unspecified atom stereocenters. The van der Waals surface area contributed by atoms with Crippen molar-refractivity contribution in [3.05, 3.63) is 50.4 Å². The van der Waals surface area contributed by atoms with E-state index >= 15 is 0 Å². The molecule has 0 amide bonds. The van der Waals surface area contributed by atoms with Crippen LogP contribution < -0.4 is 5.56 Å². The first-order valence-electron chi connectivity index (χ1n) is 4.63. The molecule has 1 N–H and O–H groups in total. The zero-order valence-electron chi connectivity index (χ0n) is 8.55. The molecule has 3 nitrogen and oxygen atoms in total. The Morgan fingerprint density at radius 2 is 1.67 bits per heavy atom. The lowest BCUT2D eigenvalue weighted by atomic mass is 10.3. The maximum Gasteiger partial charge on any atom is 0.423 e. The van der Waals surface area contributed by atoms with E-state index in [1.165, 1.54) is 18.2 Å². The third-order valence-electron chi connectivity index (χ3n) is 2.18. The van der Waals surface area contributed by atoms with Gasteiger partial charge in [0, 0.05) is 16.2 Å². The molecule has 18 heavy (non-hydrogen) atoms. The van der Waals surface area contributed by atoms with Crippen molar-refractivity contribution in [2.75, 3.05) is 0 Å². The van der Waals surface area contributed by atoms with E-state index in [1.807, 2.05) is 0 Å². The van der Waals surface area contributed by atoms with E-state index in [-0.39, 0.29) is 15.7 Å². The summed E-state index contributed by atoms with van der Waals surface area (Å²) in [6, 6.07) is 4.06. The summed E-state index contributed by atoms with van der Waals surface area (Å²) in [6.45, 7) is 0. The van der Waals surface area contributed by atoms with Gasteiger partial charge in [0.15, 0.2) is 0 Å². The number of nitrogens with zero attached hydrogens (tertiary/aromatic N) is 1. The Balaban J connectivity index is 2.60. The summed E-state index contributed by atoms with van der Waals surface area (Å²) in [7, 11) is 0. The molecule has 0 aliphatic rings. The van der Waals surface area contributed by atoms with Gasteiger partial charge in [0.25, 0.3) is 5.56 Å². The van der Waals surface area contributed by atoms with Gasteiger partial charge in [-0.3, -0.25) is 9.89 Å². The summed E-state index contributed by atoms with van der Waals surface area (Å²) in [5.41, 5.74) is -2.35. The quantitative estimate of drug-likeness (QED) is 0.859. The average molecular weight is 297 g/mol. The van der Waals surface area contributed by atoms with Crippen LogP contribution in [-0.2, 0) is 6.18 Å². The summed E-state index contributed by atoms with van der Waals surface area (Å²) in [5.74, 6) is 0. The number of aromatic nitrogens is 2. The maximum atomic E-state index is 12.5. The largest absolute Gasteiger partial charge is 0.423 e. The third kappa shape index (κ3) is 2.39. The van der Waals surface area contributed by atoms with Crippen LogP contribution in [0.3, 0.4) is 0 Å². The minimum absolute atomic E-state index is 0.132. The highest BCUT2D eigenvalue weighted by Crippen LogP contribution is 2.27. The molecular formula is C10H5Cl2F3N2O. The highest BCUT2D eigenvalue weighted by molar-refractivity contribution is 6.34. The van der Waals surface area contributed by atoms with Crippen LogP contribution in [0.4, 0.5) is 13.2 Å². The number of halogens is 5. The van der Waals surface area contributed by atoms with E-state index < -0.39 is 17.3 Å². The van der Waals surface area contributed by atoms with Crippen LogP contribution in [0.2, 0.25) is 10.0 Å². The molecule has 96 valence electrons. The zero-order chi connectivity index (χ0) is 13.5. The number of hydrogen-bond donors (Lipinski definition) is 1. The Kier molecular flexibility index (Phi) is 3.16. The molecule has 0 radical (unpaired) electrons. The van der Waals surface area contributed by atoms with E-state index in [4.69, 9.17) is 23.2 Å². The van der Waals surface area contributed by atoms with Gasteiger partial charge in [0.05, 0.1) is 5.69 Å². The number of alkyl halides is 3. The van der Waals surface area contributed by atoms with Crippen molar-refractivity contribution >= 4 is 23.2 Å². The van der Waals surface area contributed by atoms with Gasteiger partial charge in [-0.05, 0) is 18.2 Å². The van der Waals surface area contributed by atoms with Crippen molar-refractivity contribution in [3.63, 3.8) is 0 Å². The Bertz CT molecular complexity index is 625. The molecule has 1 aromatic heterocycles. The van der Waals surface area contributed by atoms with E-state index in [0.717, 1.165) is 4.68 Å². The lowest BCUT2D eigenvalue weighted by molar-refractivity contribution is -0.138. The fourth-order valence-corrected chi connectivity index (χ4v) is 1.95. The summed E-state index contributed by atoms with van der Waals surface area (Å²) in [6.07, 6.45) is -4.11. The Morgan fingerprint density at radius 3 is 2.11 bits per heavy atom. The average Bonchev–Trinajstić information content (AvgIpc) is 2.57. The van der Waals surface area contributed by atoms with Crippen LogP contribution in [-0.4, -0.2) is 9.78 Å². The van der Waals surface area contributed by atoms with Gasteiger partial charge < -0.3 is 0 Å². The third-order valence-corrected chi connectivity index (χ3v) is 2.62. The minimum Gasteiger partial charge on any atom is -0.298 e. The molecule has 2 aromatic rings. The van der Waals surface area contributed by atoms with E-state index in [0.29, 0.717) is 6.20 Å². The minimum atomic E-state index is -4.71. The standard InChI is InChI=1S/C10H5Cl2F3N2O/c11-5-1-6(12)3-7(2-5)17-9(18)8(4-16-17)10(13,14)15/h1-4,16H. The first-order valence-corrected chi connectivity index (χ1v) is 5.39. The SMILES string of the molecule is O=c1c(C(F)(F)F)c[nH]n1-c1cc(Cl)cc(Cl)c1. The van der Waals surface area contributed by atoms with Crippen LogP contribution in [0.5, 0.6) is 0 Å². The van der Waals surface area contributed by atoms with E-state index in [1.54, 1.807) is 0 Å². The fourth-order valence-electron chi connectivity index (χ4n) is 1.43. The van der Waals surface area contributed by atoms with Crippen molar-refractivity contribution in [1.29, 1.82) is 0 Å². The van der Waals surface area contributed by atoms with Crippen molar-refractivity contribution in [3.8, 4) is 5.69 Å². The fraction of sp³-hybridized carbons (Fsp3) is 0.100. The molecule has 0 saturated heterocycles. The molecule has 0 saturated carbocycles. The highest BCUT2D eigenvalue weighted by atomic mass is 35.5. The summed E-state index contributed by atoms with van der Waals surface area (Å²) in [5, 5.41) is 2.65. The Hall–Kier alpha value is -1.40. The molecule has 0 atom stereocenters. The predicted molar refractivity (Wildman–Crippen MR) is 61.4 cm³/mol. The molecule has 8 heteroatoms. The maximum absolute atomic E-state index is 12.5. The number of benzene rings is 1. The molecule has 0 fully saturated rings. The summed E-state index contributed by atoms with van der Waals surface area (Å²) >= 11 is 11.4. The second kappa shape index (κ2) is 4.37.